The molecule has 5 nitrogen and oxygen atoms in total. The minimum Gasteiger partial charge on any atom is -0.497 e. The fourth-order valence-corrected chi connectivity index (χ4v) is 1.63. The standard InChI is InChI=1S/C16H26N2O3/c1-11(2)10-17-14-9-12(20-6)7-8-13(14)18-15(19)21-16(3,4)5/h7-9,11,17H,10H2,1-6H3,(H,18,19). The monoisotopic (exact) mass is 294 g/mol. The van der Waals surface area contributed by atoms with Crippen molar-refractivity contribution in [1.82, 2.24) is 0 Å². The minimum atomic E-state index is -0.526. The Bertz CT molecular complexity index is 479. The number of carbonyl (C=O) groups is 1. The fraction of sp³-hybridized carbons (Fsp3) is 0.562. The third kappa shape index (κ3) is 6.38. The molecule has 1 rings (SSSR count). The van der Waals surface area contributed by atoms with Crippen molar-refractivity contribution >= 4 is 17.5 Å². The lowest BCUT2D eigenvalue weighted by molar-refractivity contribution is 0.0636. The average Bonchev–Trinajstić information content (AvgIpc) is 2.35. The Hall–Kier alpha value is -1.91. The van der Waals surface area contributed by atoms with E-state index in [1.165, 1.54) is 0 Å². The summed E-state index contributed by atoms with van der Waals surface area (Å²) in [6, 6.07) is 5.45. The van der Waals surface area contributed by atoms with Gasteiger partial charge in [-0.2, -0.15) is 0 Å². The topological polar surface area (TPSA) is 59.6 Å². The van der Waals surface area contributed by atoms with Crippen molar-refractivity contribution in [2.24, 2.45) is 5.92 Å². The molecule has 0 saturated carbocycles. The fourth-order valence-electron chi connectivity index (χ4n) is 1.63. The molecule has 0 aliphatic carbocycles. The summed E-state index contributed by atoms with van der Waals surface area (Å²) in [6.45, 7) is 10.5. The molecule has 1 aromatic carbocycles. The van der Waals surface area contributed by atoms with Gasteiger partial charge in [-0.1, -0.05) is 13.8 Å². The third-order valence-electron chi connectivity index (χ3n) is 2.56. The molecule has 21 heavy (non-hydrogen) atoms. The molecule has 5 heteroatoms. The van der Waals surface area contributed by atoms with Gasteiger partial charge in [0.25, 0.3) is 0 Å². The van der Waals surface area contributed by atoms with Crippen molar-refractivity contribution < 1.29 is 14.3 Å². The number of rotatable bonds is 5. The first kappa shape index (κ1) is 17.1. The molecule has 0 radical (unpaired) electrons. The van der Waals surface area contributed by atoms with Gasteiger partial charge in [-0.3, -0.25) is 5.32 Å². The number of nitrogens with one attached hydrogen (secondary N) is 2. The second-order valence-electron chi connectivity index (χ2n) is 6.31. The zero-order chi connectivity index (χ0) is 16.0. The van der Waals surface area contributed by atoms with Crippen LogP contribution in [0.1, 0.15) is 34.6 Å². The van der Waals surface area contributed by atoms with Gasteiger partial charge in [-0.15, -0.1) is 0 Å². The Labute approximate surface area is 127 Å². The van der Waals surface area contributed by atoms with Crippen LogP contribution in [0.2, 0.25) is 0 Å². The van der Waals surface area contributed by atoms with Crippen LogP contribution in [-0.2, 0) is 4.74 Å². The van der Waals surface area contributed by atoms with E-state index in [1.54, 1.807) is 19.2 Å². The smallest absolute Gasteiger partial charge is 0.412 e. The zero-order valence-corrected chi connectivity index (χ0v) is 13.7. The summed E-state index contributed by atoms with van der Waals surface area (Å²) >= 11 is 0. The van der Waals surface area contributed by atoms with Gasteiger partial charge in [0.1, 0.15) is 11.4 Å². The van der Waals surface area contributed by atoms with Crippen LogP contribution in [0.15, 0.2) is 18.2 Å². The van der Waals surface area contributed by atoms with Crippen molar-refractivity contribution in [2.45, 2.75) is 40.2 Å². The lowest BCUT2D eigenvalue weighted by Crippen LogP contribution is -2.27. The molecule has 0 heterocycles. The van der Waals surface area contributed by atoms with Crippen molar-refractivity contribution in [3.8, 4) is 5.75 Å². The van der Waals surface area contributed by atoms with Crippen LogP contribution in [0.3, 0.4) is 0 Å². The molecule has 118 valence electrons. The minimum absolute atomic E-state index is 0.472. The predicted molar refractivity (Wildman–Crippen MR) is 86.2 cm³/mol. The summed E-state index contributed by atoms with van der Waals surface area (Å²) in [7, 11) is 1.61. The van der Waals surface area contributed by atoms with Gasteiger partial charge in [0, 0.05) is 12.6 Å². The Balaban J connectivity index is 2.86. The van der Waals surface area contributed by atoms with Gasteiger partial charge in [0.15, 0.2) is 0 Å². The molecule has 0 bridgehead atoms. The molecule has 0 spiro atoms. The second-order valence-corrected chi connectivity index (χ2v) is 6.31. The Morgan fingerprint density at radius 2 is 1.90 bits per heavy atom. The molecule has 0 atom stereocenters. The normalized spacial score (nSPS) is 11.2. The van der Waals surface area contributed by atoms with Gasteiger partial charge in [-0.05, 0) is 38.8 Å². The highest BCUT2D eigenvalue weighted by molar-refractivity contribution is 5.90. The highest BCUT2D eigenvalue weighted by Gasteiger charge is 2.17. The maximum atomic E-state index is 11.9. The Morgan fingerprint density at radius 3 is 2.43 bits per heavy atom. The number of benzene rings is 1. The summed E-state index contributed by atoms with van der Waals surface area (Å²) in [4.78, 5) is 11.9. The van der Waals surface area contributed by atoms with E-state index in [9.17, 15) is 4.79 Å². The van der Waals surface area contributed by atoms with E-state index in [2.05, 4.69) is 24.5 Å². The van der Waals surface area contributed by atoms with Crippen molar-refractivity contribution in [3.63, 3.8) is 0 Å². The first-order chi connectivity index (χ1) is 9.71. The molecule has 0 fully saturated rings. The van der Waals surface area contributed by atoms with Gasteiger partial charge in [-0.25, -0.2) is 4.79 Å². The quantitative estimate of drug-likeness (QED) is 0.858. The highest BCUT2D eigenvalue weighted by atomic mass is 16.6. The SMILES string of the molecule is COc1ccc(NC(=O)OC(C)(C)C)c(NCC(C)C)c1. The lowest BCUT2D eigenvalue weighted by atomic mass is 10.2. The number of anilines is 2. The van der Waals surface area contributed by atoms with E-state index < -0.39 is 11.7 Å². The van der Waals surface area contributed by atoms with E-state index in [0.29, 0.717) is 11.6 Å². The van der Waals surface area contributed by atoms with Crippen LogP contribution in [0.5, 0.6) is 5.75 Å². The molecular formula is C16H26N2O3. The van der Waals surface area contributed by atoms with Crippen LogP contribution in [0, 0.1) is 5.92 Å². The maximum absolute atomic E-state index is 11.9. The Morgan fingerprint density at radius 1 is 1.24 bits per heavy atom. The molecular weight excluding hydrogens is 268 g/mol. The first-order valence-electron chi connectivity index (χ1n) is 7.13. The van der Waals surface area contributed by atoms with Crippen LogP contribution < -0.4 is 15.4 Å². The van der Waals surface area contributed by atoms with E-state index in [0.717, 1.165) is 18.0 Å². The summed E-state index contributed by atoms with van der Waals surface area (Å²) < 4.78 is 10.5. The molecule has 0 aliphatic heterocycles. The van der Waals surface area contributed by atoms with Crippen molar-refractivity contribution in [3.05, 3.63) is 18.2 Å². The van der Waals surface area contributed by atoms with Gasteiger partial charge in [0.05, 0.1) is 18.5 Å². The van der Waals surface area contributed by atoms with E-state index in [1.807, 2.05) is 26.8 Å². The molecule has 0 unspecified atom stereocenters. The molecule has 1 amide bonds. The third-order valence-corrected chi connectivity index (χ3v) is 2.56. The van der Waals surface area contributed by atoms with Crippen molar-refractivity contribution in [2.75, 3.05) is 24.3 Å². The predicted octanol–water partition coefficient (Wildman–Crippen LogP) is 4.11. The first-order valence-corrected chi connectivity index (χ1v) is 7.13. The van der Waals surface area contributed by atoms with E-state index in [4.69, 9.17) is 9.47 Å². The number of hydrogen-bond acceptors (Lipinski definition) is 4. The summed E-state index contributed by atoms with van der Waals surface area (Å²) in [5, 5.41) is 6.07. The maximum Gasteiger partial charge on any atom is 0.412 e. The van der Waals surface area contributed by atoms with E-state index in [-0.39, 0.29) is 0 Å². The van der Waals surface area contributed by atoms with Crippen LogP contribution in [0.4, 0.5) is 16.2 Å². The highest BCUT2D eigenvalue weighted by Crippen LogP contribution is 2.27. The number of hydrogen-bond donors (Lipinski definition) is 2. The molecule has 0 aromatic heterocycles. The molecule has 2 N–H and O–H groups in total. The average molecular weight is 294 g/mol. The van der Waals surface area contributed by atoms with Crippen molar-refractivity contribution in [1.29, 1.82) is 0 Å². The van der Waals surface area contributed by atoms with Gasteiger partial charge < -0.3 is 14.8 Å². The number of carbonyl (C=O) groups excluding carboxylic acids is 1. The van der Waals surface area contributed by atoms with Crippen LogP contribution in [-0.4, -0.2) is 25.3 Å². The number of amides is 1. The van der Waals surface area contributed by atoms with E-state index >= 15 is 0 Å². The van der Waals surface area contributed by atoms with Crippen LogP contribution >= 0.6 is 0 Å². The molecule has 0 saturated heterocycles. The largest absolute Gasteiger partial charge is 0.497 e. The number of methoxy groups -OCH3 is 1. The molecule has 1 aromatic rings. The summed E-state index contributed by atoms with van der Waals surface area (Å²) in [5.41, 5.74) is 0.960. The zero-order valence-electron chi connectivity index (χ0n) is 13.7. The molecule has 0 aliphatic rings. The second kappa shape index (κ2) is 7.20. The van der Waals surface area contributed by atoms with Gasteiger partial charge in [0.2, 0.25) is 0 Å². The number of ether oxygens (including phenoxy) is 2. The van der Waals surface area contributed by atoms with Crippen LogP contribution in [0.25, 0.3) is 0 Å². The summed E-state index contributed by atoms with van der Waals surface area (Å²) in [6.07, 6.45) is -0.472. The lowest BCUT2D eigenvalue weighted by Gasteiger charge is -2.21. The Kier molecular flexibility index (Phi) is 5.88. The summed E-state index contributed by atoms with van der Waals surface area (Å²) in [5.74, 6) is 1.22. The van der Waals surface area contributed by atoms with Gasteiger partial charge >= 0.3 is 6.09 Å².